The molecule has 0 spiro atoms. The maximum Gasteiger partial charge on any atom is 0.265 e. The van der Waals surface area contributed by atoms with Crippen molar-refractivity contribution in [3.8, 4) is 5.75 Å². The molecule has 0 radical (unpaired) electrons. The maximum absolute atomic E-state index is 12.9. The second kappa shape index (κ2) is 5.33. The summed E-state index contributed by atoms with van der Waals surface area (Å²) >= 11 is 1.82. The molecular weight excluding hydrogens is 384 g/mol. The molecule has 19 heavy (non-hydrogen) atoms. The fraction of sp³-hybridized carbons (Fsp3) is 0. The Morgan fingerprint density at radius 2 is 1.84 bits per heavy atom. The van der Waals surface area contributed by atoms with Gasteiger partial charge < -0.3 is 5.11 Å². The van der Waals surface area contributed by atoms with Gasteiger partial charge in [0.05, 0.1) is 5.69 Å². The van der Waals surface area contributed by atoms with E-state index in [2.05, 4.69) is 4.72 Å². The van der Waals surface area contributed by atoms with Gasteiger partial charge in [0.15, 0.2) is 0 Å². The minimum absolute atomic E-state index is 0.227. The van der Waals surface area contributed by atoms with Crippen molar-refractivity contribution in [3.63, 3.8) is 0 Å². The predicted octanol–water partition coefficient (Wildman–Crippen LogP) is 2.94. The zero-order valence-electron chi connectivity index (χ0n) is 9.47. The van der Waals surface area contributed by atoms with Gasteiger partial charge in [-0.2, -0.15) is 0 Å². The first-order valence-corrected chi connectivity index (χ1v) is 7.72. The van der Waals surface area contributed by atoms with Crippen molar-refractivity contribution in [3.05, 3.63) is 51.9 Å². The van der Waals surface area contributed by atoms with Crippen LogP contribution in [0.2, 0.25) is 0 Å². The van der Waals surface area contributed by atoms with Crippen LogP contribution in [0.15, 0.2) is 47.4 Å². The molecule has 0 atom stereocenters. The SMILES string of the molecule is O=S(=O)(Nc1ccc(F)cc1I)c1ccccc1O. The summed E-state index contributed by atoms with van der Waals surface area (Å²) in [5, 5.41) is 9.56. The summed E-state index contributed by atoms with van der Waals surface area (Å²) in [5.74, 6) is -0.790. The van der Waals surface area contributed by atoms with E-state index in [0.29, 0.717) is 3.57 Å². The minimum atomic E-state index is -3.91. The number of anilines is 1. The average molecular weight is 393 g/mol. The standard InChI is InChI=1S/C12H9FINO3S/c13-8-5-6-10(9(14)7-8)15-19(17,18)12-4-2-1-3-11(12)16/h1-7,15-16H. The van der Waals surface area contributed by atoms with Gasteiger partial charge in [0.2, 0.25) is 0 Å². The molecule has 7 heteroatoms. The lowest BCUT2D eigenvalue weighted by atomic mass is 10.3. The molecule has 0 aromatic heterocycles. The van der Waals surface area contributed by atoms with Crippen LogP contribution in [-0.4, -0.2) is 13.5 Å². The van der Waals surface area contributed by atoms with Crippen molar-refractivity contribution in [1.82, 2.24) is 0 Å². The topological polar surface area (TPSA) is 66.4 Å². The van der Waals surface area contributed by atoms with Crippen LogP contribution in [0.1, 0.15) is 0 Å². The Morgan fingerprint density at radius 1 is 1.16 bits per heavy atom. The minimum Gasteiger partial charge on any atom is -0.507 e. The molecule has 0 bridgehead atoms. The number of rotatable bonds is 3. The average Bonchev–Trinajstić information content (AvgIpc) is 2.33. The predicted molar refractivity (Wildman–Crippen MR) is 78.0 cm³/mol. The summed E-state index contributed by atoms with van der Waals surface area (Å²) in [6.45, 7) is 0. The van der Waals surface area contributed by atoms with E-state index in [1.54, 1.807) is 0 Å². The first-order valence-electron chi connectivity index (χ1n) is 5.16. The smallest absolute Gasteiger partial charge is 0.265 e. The molecule has 0 aliphatic carbocycles. The molecular formula is C12H9FINO3S. The van der Waals surface area contributed by atoms with Gasteiger partial charge in [-0.3, -0.25) is 4.72 Å². The normalized spacial score (nSPS) is 11.3. The third-order valence-electron chi connectivity index (χ3n) is 2.33. The van der Waals surface area contributed by atoms with Gasteiger partial charge in [-0.1, -0.05) is 12.1 Å². The van der Waals surface area contributed by atoms with Crippen molar-refractivity contribution in [2.45, 2.75) is 4.90 Å². The molecule has 4 nitrogen and oxygen atoms in total. The second-order valence-corrected chi connectivity index (χ2v) is 6.51. The Balaban J connectivity index is 2.40. The molecule has 2 rings (SSSR count). The van der Waals surface area contributed by atoms with Gasteiger partial charge in [0.1, 0.15) is 16.5 Å². The van der Waals surface area contributed by atoms with Crippen molar-refractivity contribution in [1.29, 1.82) is 0 Å². The highest BCUT2D eigenvalue weighted by atomic mass is 127. The molecule has 0 aliphatic rings. The number of aromatic hydroxyl groups is 1. The van der Waals surface area contributed by atoms with Gasteiger partial charge >= 0.3 is 0 Å². The number of nitrogens with one attached hydrogen (secondary N) is 1. The molecule has 2 aromatic rings. The van der Waals surface area contributed by atoms with Crippen molar-refractivity contribution in [2.75, 3.05) is 4.72 Å². The van der Waals surface area contributed by atoms with Crippen molar-refractivity contribution >= 4 is 38.3 Å². The van der Waals surface area contributed by atoms with Gasteiger partial charge in [-0.15, -0.1) is 0 Å². The van der Waals surface area contributed by atoms with Crippen LogP contribution < -0.4 is 4.72 Å². The van der Waals surface area contributed by atoms with Crippen LogP contribution in [0.25, 0.3) is 0 Å². The Bertz CT molecular complexity index is 719. The number of sulfonamides is 1. The van der Waals surface area contributed by atoms with E-state index in [9.17, 15) is 17.9 Å². The number of benzene rings is 2. The monoisotopic (exact) mass is 393 g/mol. The lowest BCUT2D eigenvalue weighted by Gasteiger charge is -2.10. The van der Waals surface area contributed by atoms with Crippen LogP contribution in [0.4, 0.5) is 10.1 Å². The zero-order chi connectivity index (χ0) is 14.0. The molecule has 0 fully saturated rings. The van der Waals surface area contributed by atoms with Crippen LogP contribution >= 0.6 is 22.6 Å². The Hall–Kier alpha value is -1.35. The lowest BCUT2D eigenvalue weighted by Crippen LogP contribution is -2.14. The van der Waals surface area contributed by atoms with E-state index in [-0.39, 0.29) is 16.3 Å². The van der Waals surface area contributed by atoms with Crippen LogP contribution in [0, 0.1) is 9.39 Å². The number of phenols is 1. The summed E-state index contributed by atoms with van der Waals surface area (Å²) in [6, 6.07) is 9.29. The van der Waals surface area contributed by atoms with Crippen LogP contribution in [0.5, 0.6) is 5.75 Å². The summed E-state index contributed by atoms with van der Waals surface area (Å²) < 4.78 is 39.9. The van der Waals surface area contributed by atoms with Gasteiger partial charge in [0, 0.05) is 3.57 Å². The highest BCUT2D eigenvalue weighted by molar-refractivity contribution is 14.1. The highest BCUT2D eigenvalue weighted by Crippen LogP contribution is 2.26. The summed E-state index contributed by atoms with van der Waals surface area (Å²) in [4.78, 5) is -0.227. The molecule has 0 saturated heterocycles. The fourth-order valence-electron chi connectivity index (χ4n) is 1.46. The van der Waals surface area contributed by atoms with Crippen LogP contribution in [-0.2, 0) is 10.0 Å². The largest absolute Gasteiger partial charge is 0.507 e. The second-order valence-electron chi connectivity index (χ2n) is 3.70. The van der Waals surface area contributed by atoms with Gasteiger partial charge in [-0.05, 0) is 52.9 Å². The highest BCUT2D eigenvalue weighted by Gasteiger charge is 2.19. The summed E-state index contributed by atoms with van der Waals surface area (Å²) in [6.07, 6.45) is 0. The number of hydrogen-bond acceptors (Lipinski definition) is 3. The Kier molecular flexibility index (Phi) is 3.95. The molecule has 0 heterocycles. The van der Waals surface area contributed by atoms with E-state index in [0.717, 1.165) is 6.07 Å². The third-order valence-corrected chi connectivity index (χ3v) is 4.64. The third kappa shape index (κ3) is 3.16. The van der Waals surface area contributed by atoms with E-state index >= 15 is 0 Å². The maximum atomic E-state index is 12.9. The molecule has 0 saturated carbocycles. The van der Waals surface area contributed by atoms with Gasteiger partial charge in [0.25, 0.3) is 10.0 Å². The molecule has 2 aromatic carbocycles. The summed E-state index contributed by atoms with van der Waals surface area (Å²) in [5.41, 5.74) is 0.255. The van der Waals surface area contributed by atoms with E-state index in [1.165, 1.54) is 36.4 Å². The molecule has 100 valence electrons. The van der Waals surface area contributed by atoms with Crippen molar-refractivity contribution < 1.29 is 17.9 Å². The Labute approximate surface area is 123 Å². The quantitative estimate of drug-likeness (QED) is 0.789. The fourth-order valence-corrected chi connectivity index (χ4v) is 3.43. The van der Waals surface area contributed by atoms with E-state index in [1.807, 2.05) is 22.6 Å². The van der Waals surface area contributed by atoms with E-state index in [4.69, 9.17) is 0 Å². The number of phenolic OH excluding ortho intramolecular Hbond substituents is 1. The molecule has 0 unspecified atom stereocenters. The lowest BCUT2D eigenvalue weighted by molar-refractivity contribution is 0.459. The first-order chi connectivity index (χ1) is 8.90. The molecule has 0 aliphatic heterocycles. The number of halogens is 2. The van der Waals surface area contributed by atoms with Crippen molar-refractivity contribution in [2.24, 2.45) is 0 Å². The number of para-hydroxylation sites is 1. The first kappa shape index (κ1) is 14.1. The zero-order valence-corrected chi connectivity index (χ0v) is 12.4. The summed E-state index contributed by atoms with van der Waals surface area (Å²) in [7, 11) is -3.91. The van der Waals surface area contributed by atoms with Gasteiger partial charge in [-0.25, -0.2) is 12.8 Å². The molecule has 0 amide bonds. The van der Waals surface area contributed by atoms with E-state index < -0.39 is 15.8 Å². The van der Waals surface area contributed by atoms with Crippen LogP contribution in [0.3, 0.4) is 0 Å². The number of hydrogen-bond donors (Lipinski definition) is 2. The molecule has 2 N–H and O–H groups in total. The Morgan fingerprint density at radius 3 is 2.47 bits per heavy atom.